The van der Waals surface area contributed by atoms with E-state index >= 15 is 0 Å². The first-order valence-corrected chi connectivity index (χ1v) is 7.93. The van der Waals surface area contributed by atoms with Crippen LogP contribution in [0.2, 0.25) is 0 Å². The highest BCUT2D eigenvalue weighted by atomic mass is 32.2. The third-order valence-corrected chi connectivity index (χ3v) is 4.71. The zero-order valence-electron chi connectivity index (χ0n) is 11.9. The van der Waals surface area contributed by atoms with Gasteiger partial charge in [-0.05, 0) is 36.5 Å². The fourth-order valence-corrected chi connectivity index (χ4v) is 3.26. The van der Waals surface area contributed by atoms with Crippen molar-refractivity contribution in [2.24, 2.45) is 0 Å². The predicted molar refractivity (Wildman–Crippen MR) is 75.0 cm³/mol. The second-order valence-electron chi connectivity index (χ2n) is 6.01. The minimum absolute atomic E-state index is 0.116. The van der Waals surface area contributed by atoms with Crippen LogP contribution in [-0.4, -0.2) is 21.6 Å². The van der Waals surface area contributed by atoms with E-state index in [2.05, 4.69) is 4.72 Å². The topological polar surface area (TPSA) is 55.4 Å². The van der Waals surface area contributed by atoms with Crippen LogP contribution in [0.1, 0.15) is 39.2 Å². The van der Waals surface area contributed by atoms with Gasteiger partial charge in [0.15, 0.2) is 0 Å². The maximum atomic E-state index is 12.2. The maximum Gasteiger partial charge on any atom is 0.240 e. The first-order valence-electron chi connectivity index (χ1n) is 6.45. The molecule has 0 radical (unpaired) electrons. The third kappa shape index (κ3) is 3.28. The fraction of sp³-hybridized carbons (Fsp3) is 0.571. The molecule has 2 rings (SSSR count). The number of ether oxygens (including phenoxy) is 1. The van der Waals surface area contributed by atoms with E-state index in [1.807, 2.05) is 20.8 Å². The van der Waals surface area contributed by atoms with Gasteiger partial charge in [-0.15, -0.1) is 0 Å². The molecule has 1 aromatic carbocycles. The van der Waals surface area contributed by atoms with E-state index in [1.165, 1.54) is 0 Å². The Morgan fingerprint density at radius 2 is 1.89 bits per heavy atom. The smallest absolute Gasteiger partial charge is 0.240 e. The van der Waals surface area contributed by atoms with Crippen molar-refractivity contribution in [2.45, 2.75) is 50.0 Å². The van der Waals surface area contributed by atoms with Crippen LogP contribution in [0.4, 0.5) is 0 Å². The van der Waals surface area contributed by atoms with Gasteiger partial charge in [-0.3, -0.25) is 0 Å². The molecule has 0 aromatic heterocycles. The average molecular weight is 283 g/mol. The molecule has 1 fully saturated rings. The molecule has 0 heterocycles. The molecule has 0 amide bonds. The van der Waals surface area contributed by atoms with Gasteiger partial charge in [0.1, 0.15) is 5.75 Å². The lowest BCUT2D eigenvalue weighted by molar-refractivity contribution is 0.397. The summed E-state index contributed by atoms with van der Waals surface area (Å²) in [4.78, 5) is 0.310. The molecule has 0 spiro atoms. The Morgan fingerprint density at radius 1 is 1.26 bits per heavy atom. The average Bonchev–Trinajstić information content (AvgIpc) is 3.10. The molecular weight excluding hydrogens is 262 g/mol. The predicted octanol–water partition coefficient (Wildman–Crippen LogP) is 2.43. The first kappa shape index (κ1) is 14.3. The number of nitrogens with one attached hydrogen (secondary N) is 1. The molecule has 1 saturated carbocycles. The molecule has 1 aliphatic rings. The Balaban J connectivity index is 2.42. The van der Waals surface area contributed by atoms with Crippen molar-refractivity contribution < 1.29 is 13.2 Å². The maximum absolute atomic E-state index is 12.2. The number of hydrogen-bond acceptors (Lipinski definition) is 3. The Kier molecular flexibility index (Phi) is 3.62. The van der Waals surface area contributed by atoms with Crippen molar-refractivity contribution in [1.82, 2.24) is 4.72 Å². The van der Waals surface area contributed by atoms with Gasteiger partial charge in [0, 0.05) is 11.6 Å². The molecule has 1 N–H and O–H groups in total. The molecule has 0 atom stereocenters. The van der Waals surface area contributed by atoms with Crippen LogP contribution >= 0.6 is 0 Å². The molecular formula is C14H21NO3S. The highest BCUT2D eigenvalue weighted by Crippen LogP contribution is 2.33. The molecule has 0 aliphatic heterocycles. The number of hydrogen-bond donors (Lipinski definition) is 1. The number of methoxy groups -OCH3 is 1. The van der Waals surface area contributed by atoms with Crippen LogP contribution in [0.5, 0.6) is 5.75 Å². The van der Waals surface area contributed by atoms with Gasteiger partial charge < -0.3 is 4.74 Å². The van der Waals surface area contributed by atoms with Crippen molar-refractivity contribution in [3.05, 3.63) is 23.8 Å². The van der Waals surface area contributed by atoms with Gasteiger partial charge in [-0.2, -0.15) is 0 Å². The third-order valence-electron chi connectivity index (χ3n) is 3.19. The normalized spacial score (nSPS) is 16.4. The number of benzene rings is 1. The quantitative estimate of drug-likeness (QED) is 0.923. The van der Waals surface area contributed by atoms with Crippen molar-refractivity contribution in [1.29, 1.82) is 0 Å². The lowest BCUT2D eigenvalue weighted by atomic mass is 9.86. The van der Waals surface area contributed by atoms with E-state index in [9.17, 15) is 8.42 Å². The van der Waals surface area contributed by atoms with E-state index < -0.39 is 10.0 Å². The summed E-state index contributed by atoms with van der Waals surface area (Å²) >= 11 is 0. The zero-order chi connectivity index (χ0) is 14.3. The van der Waals surface area contributed by atoms with Gasteiger partial charge in [0.05, 0.1) is 12.0 Å². The van der Waals surface area contributed by atoms with Crippen molar-refractivity contribution in [3.63, 3.8) is 0 Å². The molecule has 0 saturated heterocycles. The standard InChI is InChI=1S/C14H21NO3S/c1-14(2,3)12-9-11(7-8-13(12)18-4)19(16,17)15-10-5-6-10/h7-10,15H,5-6H2,1-4H3. The minimum Gasteiger partial charge on any atom is -0.496 e. The summed E-state index contributed by atoms with van der Waals surface area (Å²) in [6.45, 7) is 6.11. The lowest BCUT2D eigenvalue weighted by Gasteiger charge is -2.22. The molecule has 0 bridgehead atoms. The monoisotopic (exact) mass is 283 g/mol. The van der Waals surface area contributed by atoms with E-state index in [4.69, 9.17) is 4.74 Å². The van der Waals surface area contributed by atoms with Crippen molar-refractivity contribution in [2.75, 3.05) is 7.11 Å². The SMILES string of the molecule is COc1ccc(S(=O)(=O)NC2CC2)cc1C(C)(C)C. The Labute approximate surface area is 115 Å². The van der Waals surface area contributed by atoms with Crippen LogP contribution in [0, 0.1) is 0 Å². The van der Waals surface area contributed by atoms with Gasteiger partial charge >= 0.3 is 0 Å². The van der Waals surface area contributed by atoms with E-state index in [0.29, 0.717) is 4.90 Å². The van der Waals surface area contributed by atoms with E-state index in [-0.39, 0.29) is 11.5 Å². The van der Waals surface area contributed by atoms with Crippen LogP contribution in [-0.2, 0) is 15.4 Å². The van der Waals surface area contributed by atoms with Crippen LogP contribution < -0.4 is 9.46 Å². The summed E-state index contributed by atoms with van der Waals surface area (Å²) in [5.41, 5.74) is 0.727. The Morgan fingerprint density at radius 3 is 2.37 bits per heavy atom. The Hall–Kier alpha value is -1.07. The van der Waals surface area contributed by atoms with Gasteiger partial charge in [0.25, 0.3) is 0 Å². The molecule has 19 heavy (non-hydrogen) atoms. The first-order chi connectivity index (χ1) is 8.74. The second-order valence-corrected chi connectivity index (χ2v) is 7.72. The van der Waals surface area contributed by atoms with Crippen LogP contribution in [0.15, 0.2) is 23.1 Å². The van der Waals surface area contributed by atoms with Crippen LogP contribution in [0.3, 0.4) is 0 Å². The summed E-state index contributed by atoms with van der Waals surface area (Å²) in [5, 5.41) is 0. The second kappa shape index (κ2) is 4.80. The summed E-state index contributed by atoms with van der Waals surface area (Å²) < 4.78 is 32.4. The van der Waals surface area contributed by atoms with E-state index in [0.717, 1.165) is 24.2 Å². The highest BCUT2D eigenvalue weighted by molar-refractivity contribution is 7.89. The highest BCUT2D eigenvalue weighted by Gasteiger charge is 2.29. The lowest BCUT2D eigenvalue weighted by Crippen LogP contribution is -2.26. The fourth-order valence-electron chi connectivity index (χ4n) is 1.93. The molecule has 1 aliphatic carbocycles. The Bertz CT molecular complexity index is 569. The van der Waals surface area contributed by atoms with Gasteiger partial charge in [0.2, 0.25) is 10.0 Å². The zero-order valence-corrected chi connectivity index (χ0v) is 12.7. The van der Waals surface area contributed by atoms with Gasteiger partial charge in [-0.1, -0.05) is 20.8 Å². The largest absolute Gasteiger partial charge is 0.496 e. The number of sulfonamides is 1. The summed E-state index contributed by atoms with van der Waals surface area (Å²) in [6, 6.07) is 5.15. The molecule has 5 heteroatoms. The van der Waals surface area contributed by atoms with Crippen LogP contribution in [0.25, 0.3) is 0 Å². The van der Waals surface area contributed by atoms with Crippen molar-refractivity contribution in [3.8, 4) is 5.75 Å². The van der Waals surface area contributed by atoms with E-state index in [1.54, 1.807) is 25.3 Å². The summed E-state index contributed by atoms with van der Waals surface area (Å²) in [6.07, 6.45) is 1.86. The van der Waals surface area contributed by atoms with Gasteiger partial charge in [-0.25, -0.2) is 13.1 Å². The summed E-state index contributed by atoms with van der Waals surface area (Å²) in [5.74, 6) is 0.720. The number of rotatable bonds is 4. The molecule has 0 unspecified atom stereocenters. The summed E-state index contributed by atoms with van der Waals surface area (Å²) in [7, 11) is -1.81. The minimum atomic E-state index is -3.41. The van der Waals surface area contributed by atoms with Crippen molar-refractivity contribution >= 4 is 10.0 Å². The molecule has 1 aromatic rings. The molecule has 106 valence electrons. The molecule has 4 nitrogen and oxygen atoms in total.